The maximum absolute atomic E-state index is 12.4. The summed E-state index contributed by atoms with van der Waals surface area (Å²) in [4.78, 5) is 16.9. The third-order valence-corrected chi connectivity index (χ3v) is 6.11. The number of fused-ring (bicyclic) bond motifs is 1. The van der Waals surface area contributed by atoms with Gasteiger partial charge in [-0.1, -0.05) is 0 Å². The molecule has 0 atom stereocenters. The highest BCUT2D eigenvalue weighted by Gasteiger charge is 2.27. The predicted octanol–water partition coefficient (Wildman–Crippen LogP) is 2.21. The Kier molecular flexibility index (Phi) is 4.97. The first-order valence-corrected chi connectivity index (χ1v) is 10.8. The zero-order valence-electron chi connectivity index (χ0n) is 16.1. The zero-order chi connectivity index (χ0) is 20.6. The van der Waals surface area contributed by atoms with Crippen molar-refractivity contribution in [2.45, 2.75) is 43.7 Å². The van der Waals surface area contributed by atoms with Gasteiger partial charge in [-0.05, 0) is 57.0 Å². The fourth-order valence-corrected chi connectivity index (χ4v) is 4.15. The number of rotatable bonds is 7. The van der Waals surface area contributed by atoms with Gasteiger partial charge >= 0.3 is 0 Å². The largest absolute Gasteiger partial charge is 0.298 e. The van der Waals surface area contributed by atoms with Crippen LogP contribution in [0.1, 0.15) is 43.1 Å². The van der Waals surface area contributed by atoms with Crippen molar-refractivity contribution >= 4 is 32.7 Å². The minimum Gasteiger partial charge on any atom is -0.298 e. The van der Waals surface area contributed by atoms with E-state index in [1.807, 2.05) is 13.8 Å². The first-order valence-electron chi connectivity index (χ1n) is 9.35. The molecule has 0 saturated heterocycles. The number of hydrazine groups is 1. The summed E-state index contributed by atoms with van der Waals surface area (Å²) in [5.74, 6) is -0.358. The highest BCUT2D eigenvalue weighted by atomic mass is 32.2. The number of carbonyl (C=O) groups is 1. The van der Waals surface area contributed by atoms with Crippen molar-refractivity contribution in [2.75, 3.05) is 5.43 Å². The van der Waals surface area contributed by atoms with Crippen LogP contribution in [0.15, 0.2) is 47.6 Å². The van der Waals surface area contributed by atoms with Crippen molar-refractivity contribution in [3.63, 3.8) is 0 Å². The smallest absolute Gasteiger partial charge is 0.271 e. The van der Waals surface area contributed by atoms with Crippen LogP contribution in [0.3, 0.4) is 0 Å². The lowest BCUT2D eigenvalue weighted by Crippen LogP contribution is -2.29. The first kappa shape index (κ1) is 19.3. The number of aromatic nitrogens is 3. The number of carbonyl (C=O) groups excluding carboxylic acids is 1. The Labute approximate surface area is 168 Å². The summed E-state index contributed by atoms with van der Waals surface area (Å²) in [6.45, 7) is 4.02. The second kappa shape index (κ2) is 7.45. The lowest BCUT2D eigenvalue weighted by Gasteiger charge is -2.10. The molecule has 9 nitrogen and oxygen atoms in total. The van der Waals surface area contributed by atoms with Gasteiger partial charge in [-0.25, -0.2) is 22.8 Å². The molecular formula is C19H22N6O3S. The summed E-state index contributed by atoms with van der Waals surface area (Å²) in [7, 11) is -3.49. The molecular weight excluding hydrogens is 392 g/mol. The van der Waals surface area contributed by atoms with Gasteiger partial charge in [0.25, 0.3) is 5.91 Å². The van der Waals surface area contributed by atoms with Gasteiger partial charge in [-0.2, -0.15) is 5.10 Å². The van der Waals surface area contributed by atoms with E-state index >= 15 is 0 Å². The van der Waals surface area contributed by atoms with Crippen LogP contribution in [0.5, 0.6) is 0 Å². The Morgan fingerprint density at radius 3 is 2.55 bits per heavy atom. The maximum Gasteiger partial charge on any atom is 0.271 e. The molecule has 2 aromatic heterocycles. The fourth-order valence-electron chi connectivity index (χ4n) is 2.85. The second-order valence-corrected chi connectivity index (χ2v) is 9.03. The molecule has 0 spiro atoms. The van der Waals surface area contributed by atoms with Gasteiger partial charge in [-0.15, -0.1) is 0 Å². The Balaban J connectivity index is 1.41. The number of sulfonamides is 1. The first-order chi connectivity index (χ1) is 13.8. The summed E-state index contributed by atoms with van der Waals surface area (Å²) in [6.07, 6.45) is 4.94. The van der Waals surface area contributed by atoms with Crippen LogP contribution in [0.4, 0.5) is 5.69 Å². The third kappa shape index (κ3) is 4.22. The van der Waals surface area contributed by atoms with E-state index in [1.165, 1.54) is 18.3 Å². The van der Waals surface area contributed by atoms with Crippen LogP contribution in [-0.2, 0) is 10.0 Å². The summed E-state index contributed by atoms with van der Waals surface area (Å²) in [5.41, 5.74) is 7.05. The number of hydrogen-bond acceptors (Lipinski definition) is 6. The molecule has 1 aliphatic rings. The van der Waals surface area contributed by atoms with Gasteiger partial charge < -0.3 is 0 Å². The molecule has 1 fully saturated rings. The molecule has 0 bridgehead atoms. The van der Waals surface area contributed by atoms with Crippen molar-refractivity contribution in [3.05, 3.63) is 48.3 Å². The van der Waals surface area contributed by atoms with Gasteiger partial charge in [0.2, 0.25) is 10.0 Å². The van der Waals surface area contributed by atoms with E-state index in [0.29, 0.717) is 11.3 Å². The average molecular weight is 414 g/mol. The number of pyridine rings is 1. The lowest BCUT2D eigenvalue weighted by atomic mass is 10.2. The van der Waals surface area contributed by atoms with Gasteiger partial charge in [-0.3, -0.25) is 15.6 Å². The Morgan fingerprint density at radius 2 is 1.90 bits per heavy atom. The quantitative estimate of drug-likeness (QED) is 0.510. The van der Waals surface area contributed by atoms with E-state index in [9.17, 15) is 13.2 Å². The summed E-state index contributed by atoms with van der Waals surface area (Å²) in [6, 6.07) is 8.12. The van der Waals surface area contributed by atoms with E-state index in [1.54, 1.807) is 29.1 Å². The van der Waals surface area contributed by atoms with Crippen molar-refractivity contribution in [1.29, 1.82) is 0 Å². The molecule has 1 aromatic carbocycles. The van der Waals surface area contributed by atoms with Gasteiger partial charge in [0, 0.05) is 23.7 Å². The van der Waals surface area contributed by atoms with Crippen molar-refractivity contribution in [1.82, 2.24) is 24.9 Å². The number of nitrogens with one attached hydrogen (secondary N) is 3. The monoisotopic (exact) mass is 414 g/mol. The molecule has 3 N–H and O–H groups in total. The topological polar surface area (TPSA) is 118 Å². The molecule has 3 aromatic rings. The lowest BCUT2D eigenvalue weighted by molar-refractivity contribution is 0.0962. The minimum absolute atomic E-state index is 0.0516. The normalized spacial score (nSPS) is 14.3. The standard InChI is InChI=1S/C19H22N6O3S/c1-12(2)25-18-13(11-21-25)9-14(10-20-18)19(26)23-22-15-5-7-17(8-6-15)29(27,28)24-16-3-4-16/h5-12,16,22,24H,3-4H2,1-2H3,(H,23,26). The molecule has 2 heterocycles. The molecule has 0 radical (unpaired) electrons. The minimum atomic E-state index is -3.49. The molecule has 10 heteroatoms. The Bertz CT molecular complexity index is 1150. The average Bonchev–Trinajstić information content (AvgIpc) is 3.39. The van der Waals surface area contributed by atoms with E-state index in [0.717, 1.165) is 23.9 Å². The Hall–Kier alpha value is -2.98. The number of benzene rings is 1. The van der Waals surface area contributed by atoms with E-state index in [2.05, 4.69) is 25.7 Å². The van der Waals surface area contributed by atoms with Crippen molar-refractivity contribution in [2.24, 2.45) is 0 Å². The van der Waals surface area contributed by atoms with Crippen LogP contribution >= 0.6 is 0 Å². The van der Waals surface area contributed by atoms with E-state index in [4.69, 9.17) is 0 Å². The second-order valence-electron chi connectivity index (χ2n) is 7.32. The molecule has 4 rings (SSSR count). The zero-order valence-corrected chi connectivity index (χ0v) is 16.9. The summed E-state index contributed by atoms with van der Waals surface area (Å²) >= 11 is 0. The molecule has 0 aliphatic heterocycles. The molecule has 1 amide bonds. The molecule has 29 heavy (non-hydrogen) atoms. The van der Waals surface area contributed by atoms with Gasteiger partial charge in [0.1, 0.15) is 0 Å². The predicted molar refractivity (Wildman–Crippen MR) is 109 cm³/mol. The van der Waals surface area contributed by atoms with Gasteiger partial charge in [0.05, 0.1) is 22.3 Å². The SMILES string of the molecule is CC(C)n1ncc2cc(C(=O)NNc3ccc(S(=O)(=O)NC4CC4)cc3)cnc21. The van der Waals surface area contributed by atoms with E-state index in [-0.39, 0.29) is 22.9 Å². The van der Waals surface area contributed by atoms with Crippen LogP contribution in [0, 0.1) is 0 Å². The van der Waals surface area contributed by atoms with Crippen molar-refractivity contribution in [3.8, 4) is 0 Å². The Morgan fingerprint density at radius 1 is 1.17 bits per heavy atom. The van der Waals surface area contributed by atoms with Crippen LogP contribution in [0.25, 0.3) is 11.0 Å². The highest BCUT2D eigenvalue weighted by molar-refractivity contribution is 7.89. The third-order valence-electron chi connectivity index (χ3n) is 4.57. The summed E-state index contributed by atoms with van der Waals surface area (Å²) in [5, 5.41) is 5.07. The van der Waals surface area contributed by atoms with Gasteiger partial charge in [0.15, 0.2) is 5.65 Å². The fraction of sp³-hybridized carbons (Fsp3) is 0.316. The highest BCUT2D eigenvalue weighted by Crippen LogP contribution is 2.23. The number of anilines is 1. The van der Waals surface area contributed by atoms with Crippen LogP contribution in [-0.4, -0.2) is 35.1 Å². The number of hydrogen-bond donors (Lipinski definition) is 3. The maximum atomic E-state index is 12.4. The van der Waals surface area contributed by atoms with E-state index < -0.39 is 10.0 Å². The van der Waals surface area contributed by atoms with Crippen LogP contribution < -0.4 is 15.6 Å². The number of nitrogens with zero attached hydrogens (tertiary/aromatic N) is 3. The molecule has 152 valence electrons. The van der Waals surface area contributed by atoms with Crippen LogP contribution in [0.2, 0.25) is 0 Å². The van der Waals surface area contributed by atoms with Crippen molar-refractivity contribution < 1.29 is 13.2 Å². The molecule has 0 unspecified atom stereocenters. The summed E-state index contributed by atoms with van der Waals surface area (Å²) < 4.78 is 28.8. The molecule has 1 aliphatic carbocycles. The number of amides is 1. The molecule has 1 saturated carbocycles.